The number of nitrogens with one attached hydrogen (secondary N) is 2. The first-order chi connectivity index (χ1) is 8.45. The predicted octanol–water partition coefficient (Wildman–Crippen LogP) is 0.624. The second-order valence-electron chi connectivity index (χ2n) is 4.78. The number of nitrogen functional groups attached to an aromatic ring is 1. The van der Waals surface area contributed by atoms with Crippen molar-refractivity contribution in [2.45, 2.75) is 32.7 Å². The van der Waals surface area contributed by atoms with Gasteiger partial charge in [0.05, 0.1) is 11.4 Å². The molecule has 0 aromatic carbocycles. The summed E-state index contributed by atoms with van der Waals surface area (Å²) in [5.41, 5.74) is 7.40. The number of aromatic nitrogens is 2. The molecule has 1 aromatic heterocycles. The van der Waals surface area contributed by atoms with E-state index in [0.717, 1.165) is 25.1 Å². The molecule has 1 atom stereocenters. The van der Waals surface area contributed by atoms with E-state index in [4.69, 9.17) is 5.73 Å². The highest BCUT2D eigenvalue weighted by atomic mass is 16.2. The van der Waals surface area contributed by atoms with Gasteiger partial charge in [0.2, 0.25) is 0 Å². The maximum absolute atomic E-state index is 12.0. The van der Waals surface area contributed by atoms with E-state index in [1.165, 1.54) is 0 Å². The fourth-order valence-corrected chi connectivity index (χ4v) is 1.65. The molecule has 6 nitrogen and oxygen atoms in total. The minimum atomic E-state index is -0.213. The van der Waals surface area contributed by atoms with Gasteiger partial charge in [-0.3, -0.25) is 9.89 Å². The van der Waals surface area contributed by atoms with Crippen molar-refractivity contribution in [2.24, 2.45) is 0 Å². The Balaban J connectivity index is 2.56. The molecule has 1 amide bonds. The monoisotopic (exact) mass is 253 g/mol. The molecule has 1 aromatic rings. The Labute approximate surface area is 108 Å². The van der Waals surface area contributed by atoms with Gasteiger partial charge in [-0.15, -0.1) is 0 Å². The van der Waals surface area contributed by atoms with Crippen molar-refractivity contribution in [2.75, 3.05) is 26.4 Å². The van der Waals surface area contributed by atoms with Crippen molar-refractivity contribution in [3.63, 3.8) is 0 Å². The van der Waals surface area contributed by atoms with E-state index in [2.05, 4.69) is 20.4 Å². The highest BCUT2D eigenvalue weighted by Crippen LogP contribution is 2.14. The smallest absolute Gasteiger partial charge is 0.274 e. The van der Waals surface area contributed by atoms with Crippen LogP contribution in [0.5, 0.6) is 0 Å². The van der Waals surface area contributed by atoms with E-state index < -0.39 is 0 Å². The number of anilines is 1. The Bertz CT molecular complexity index is 399. The summed E-state index contributed by atoms with van der Waals surface area (Å²) in [6, 6.07) is 0.0982. The first-order valence-corrected chi connectivity index (χ1v) is 6.24. The fraction of sp³-hybridized carbons (Fsp3) is 0.667. The number of nitrogens with zero attached hydrogens (tertiary/aromatic N) is 2. The molecule has 1 unspecified atom stereocenters. The van der Waals surface area contributed by atoms with Gasteiger partial charge in [0.1, 0.15) is 0 Å². The average Bonchev–Trinajstić information content (AvgIpc) is 2.67. The molecule has 6 heteroatoms. The number of aromatic amines is 1. The van der Waals surface area contributed by atoms with E-state index in [-0.39, 0.29) is 11.9 Å². The molecule has 0 radical (unpaired) electrons. The van der Waals surface area contributed by atoms with Crippen LogP contribution in [0.4, 0.5) is 5.69 Å². The van der Waals surface area contributed by atoms with Crippen molar-refractivity contribution >= 4 is 11.6 Å². The zero-order valence-electron chi connectivity index (χ0n) is 11.6. The van der Waals surface area contributed by atoms with Gasteiger partial charge in [0.25, 0.3) is 5.91 Å². The first-order valence-electron chi connectivity index (χ1n) is 6.24. The number of aryl methyl sites for hydroxylation is 1. The summed E-state index contributed by atoms with van der Waals surface area (Å²) in [4.78, 5) is 14.0. The van der Waals surface area contributed by atoms with Gasteiger partial charge in [0, 0.05) is 6.04 Å². The third-order valence-corrected chi connectivity index (χ3v) is 2.84. The third kappa shape index (κ3) is 3.73. The molecule has 0 saturated heterocycles. The van der Waals surface area contributed by atoms with Crippen LogP contribution in [0.3, 0.4) is 0 Å². The number of H-pyrrole nitrogens is 1. The molecule has 0 aliphatic carbocycles. The molecule has 4 N–H and O–H groups in total. The number of rotatable bonds is 6. The lowest BCUT2D eigenvalue weighted by atomic mass is 10.2. The highest BCUT2D eigenvalue weighted by Gasteiger charge is 2.17. The summed E-state index contributed by atoms with van der Waals surface area (Å²) in [7, 11) is 4.02. The number of hydrogen-bond acceptors (Lipinski definition) is 4. The quantitative estimate of drug-likeness (QED) is 0.693. The molecule has 0 spiro atoms. The molecular formula is C12H23N5O. The summed E-state index contributed by atoms with van der Waals surface area (Å²) in [5, 5.41) is 9.65. The van der Waals surface area contributed by atoms with Crippen LogP contribution in [0.2, 0.25) is 0 Å². The number of nitrogens with two attached hydrogens (primary N) is 1. The van der Waals surface area contributed by atoms with Crippen LogP contribution < -0.4 is 11.1 Å². The highest BCUT2D eigenvalue weighted by molar-refractivity contribution is 5.97. The van der Waals surface area contributed by atoms with Gasteiger partial charge in [-0.25, -0.2) is 0 Å². The summed E-state index contributed by atoms with van der Waals surface area (Å²) >= 11 is 0. The van der Waals surface area contributed by atoms with Crippen molar-refractivity contribution in [1.29, 1.82) is 0 Å². The van der Waals surface area contributed by atoms with E-state index in [1.54, 1.807) is 0 Å². The molecular weight excluding hydrogens is 230 g/mol. The van der Waals surface area contributed by atoms with Crippen LogP contribution in [-0.2, 0) is 6.42 Å². The van der Waals surface area contributed by atoms with Gasteiger partial charge in [-0.1, -0.05) is 6.92 Å². The predicted molar refractivity (Wildman–Crippen MR) is 72.5 cm³/mol. The van der Waals surface area contributed by atoms with E-state index >= 15 is 0 Å². The lowest BCUT2D eigenvalue weighted by molar-refractivity contribution is 0.0932. The van der Waals surface area contributed by atoms with Crippen LogP contribution in [0.25, 0.3) is 0 Å². The average molecular weight is 253 g/mol. The van der Waals surface area contributed by atoms with Crippen molar-refractivity contribution in [3.8, 4) is 0 Å². The van der Waals surface area contributed by atoms with Crippen LogP contribution in [0.15, 0.2) is 0 Å². The Morgan fingerprint density at radius 3 is 2.72 bits per heavy atom. The summed E-state index contributed by atoms with van der Waals surface area (Å²) < 4.78 is 0. The summed E-state index contributed by atoms with van der Waals surface area (Å²) in [6.07, 6.45) is 1.63. The van der Waals surface area contributed by atoms with Crippen molar-refractivity contribution in [3.05, 3.63) is 11.4 Å². The molecule has 0 aliphatic rings. The molecule has 0 saturated carbocycles. The number of carbonyl (C=O) groups excluding carboxylic acids is 1. The van der Waals surface area contributed by atoms with Crippen LogP contribution >= 0.6 is 0 Å². The standard InChI is InChI=1S/C12H23N5O/c1-5-9-10(13)11(16-15-9)12(18)14-8(2)6-7-17(3)4/h8H,5-7,13H2,1-4H3,(H,14,18)(H,15,16). The molecule has 0 bridgehead atoms. The minimum absolute atomic E-state index is 0.0982. The second-order valence-corrected chi connectivity index (χ2v) is 4.78. The summed E-state index contributed by atoms with van der Waals surface area (Å²) in [5.74, 6) is -0.213. The number of carbonyl (C=O) groups is 1. The Morgan fingerprint density at radius 1 is 1.56 bits per heavy atom. The fourth-order valence-electron chi connectivity index (χ4n) is 1.65. The number of amides is 1. The molecule has 102 valence electrons. The molecule has 1 rings (SSSR count). The topological polar surface area (TPSA) is 87.0 Å². The normalized spacial score (nSPS) is 12.7. The maximum atomic E-state index is 12.0. The zero-order chi connectivity index (χ0) is 13.7. The van der Waals surface area contributed by atoms with Crippen molar-refractivity contribution in [1.82, 2.24) is 20.4 Å². The molecule has 1 heterocycles. The van der Waals surface area contributed by atoms with Gasteiger partial charge < -0.3 is 16.0 Å². The van der Waals surface area contributed by atoms with Crippen molar-refractivity contribution < 1.29 is 4.79 Å². The second kappa shape index (κ2) is 6.39. The first kappa shape index (κ1) is 14.5. The van der Waals surface area contributed by atoms with Gasteiger partial charge >= 0.3 is 0 Å². The van der Waals surface area contributed by atoms with E-state index in [0.29, 0.717) is 11.4 Å². The largest absolute Gasteiger partial charge is 0.395 e. The Kier molecular flexibility index (Phi) is 5.15. The van der Waals surface area contributed by atoms with Gasteiger partial charge in [0.15, 0.2) is 5.69 Å². The Morgan fingerprint density at radius 2 is 2.22 bits per heavy atom. The van der Waals surface area contributed by atoms with Crippen LogP contribution in [0.1, 0.15) is 36.5 Å². The SMILES string of the molecule is CCc1[nH]nc(C(=O)NC(C)CCN(C)C)c1N. The molecule has 0 aliphatic heterocycles. The summed E-state index contributed by atoms with van der Waals surface area (Å²) in [6.45, 7) is 4.87. The van der Waals surface area contributed by atoms with Gasteiger partial charge in [-0.05, 0) is 40.4 Å². The molecule has 0 fully saturated rings. The van der Waals surface area contributed by atoms with E-state index in [9.17, 15) is 4.79 Å². The van der Waals surface area contributed by atoms with E-state index in [1.807, 2.05) is 27.9 Å². The van der Waals surface area contributed by atoms with Crippen LogP contribution in [-0.4, -0.2) is 47.7 Å². The van der Waals surface area contributed by atoms with Gasteiger partial charge in [-0.2, -0.15) is 5.10 Å². The maximum Gasteiger partial charge on any atom is 0.274 e. The number of hydrogen-bond donors (Lipinski definition) is 3. The third-order valence-electron chi connectivity index (χ3n) is 2.84. The van der Waals surface area contributed by atoms with Crippen LogP contribution in [0, 0.1) is 0 Å². The lowest BCUT2D eigenvalue weighted by Gasteiger charge is -2.16. The Hall–Kier alpha value is -1.56. The lowest BCUT2D eigenvalue weighted by Crippen LogP contribution is -2.35. The molecule has 18 heavy (non-hydrogen) atoms. The zero-order valence-corrected chi connectivity index (χ0v) is 11.6. The minimum Gasteiger partial charge on any atom is -0.395 e.